The Morgan fingerprint density at radius 3 is 2.90 bits per heavy atom. The van der Waals surface area contributed by atoms with E-state index >= 15 is 0 Å². The van der Waals surface area contributed by atoms with E-state index < -0.39 is 18.1 Å². The molecule has 0 saturated carbocycles. The number of rotatable bonds is 3. The maximum Gasteiger partial charge on any atom is 0.334 e. The number of carboxylic acids is 1. The van der Waals surface area contributed by atoms with Gasteiger partial charge in [-0.1, -0.05) is 18.2 Å². The molecule has 1 unspecified atom stereocenters. The Balaban J connectivity index is 1.96. The molecule has 3 N–H and O–H groups in total. The van der Waals surface area contributed by atoms with Crippen LogP contribution in [0.3, 0.4) is 0 Å². The molecule has 20 heavy (non-hydrogen) atoms. The zero-order valence-corrected chi connectivity index (χ0v) is 10.8. The molecule has 0 aliphatic carbocycles. The van der Waals surface area contributed by atoms with Gasteiger partial charge >= 0.3 is 12.0 Å². The Morgan fingerprint density at radius 2 is 2.15 bits per heavy atom. The first kappa shape index (κ1) is 14.1. The number of fused-ring (bicyclic) bond motifs is 1. The first-order chi connectivity index (χ1) is 9.58. The number of aliphatic hydroxyl groups is 1. The number of nitrogens with one attached hydrogen (secondary N) is 1. The normalized spacial score (nSPS) is 15.6. The number of nitrogens with zero attached hydrogens (tertiary/aromatic N) is 1. The van der Waals surface area contributed by atoms with Gasteiger partial charge in [-0.25, -0.2) is 9.59 Å². The summed E-state index contributed by atoms with van der Waals surface area (Å²) in [4.78, 5) is 23.9. The number of aliphatic hydroxyl groups excluding tert-OH is 1. The number of carbonyl (C=O) groups excluding carboxylic acids is 1. The summed E-state index contributed by atoms with van der Waals surface area (Å²) >= 11 is 0. The van der Waals surface area contributed by atoms with Crippen molar-refractivity contribution in [2.24, 2.45) is 0 Å². The fraction of sp³-hybridized carbons (Fsp3) is 0.385. The molecule has 1 aliphatic rings. The van der Waals surface area contributed by atoms with Crippen LogP contribution < -0.4 is 10.1 Å². The summed E-state index contributed by atoms with van der Waals surface area (Å²) in [5, 5.41) is 20.1. The van der Waals surface area contributed by atoms with Gasteiger partial charge in [0.2, 0.25) is 0 Å². The van der Waals surface area contributed by atoms with Crippen molar-refractivity contribution in [1.29, 1.82) is 0 Å². The summed E-state index contributed by atoms with van der Waals surface area (Å²) < 4.78 is 5.53. The lowest BCUT2D eigenvalue weighted by Crippen LogP contribution is -2.44. The first-order valence-corrected chi connectivity index (χ1v) is 6.22. The molecular weight excluding hydrogens is 264 g/mol. The highest BCUT2D eigenvalue weighted by molar-refractivity contribution is 5.77. The Morgan fingerprint density at radius 1 is 1.40 bits per heavy atom. The number of carbonyl (C=O) groups is 2. The number of amides is 2. The highest BCUT2D eigenvalue weighted by Gasteiger charge is 2.21. The van der Waals surface area contributed by atoms with E-state index in [1.165, 1.54) is 4.90 Å². The molecule has 0 spiro atoms. The third-order valence-corrected chi connectivity index (χ3v) is 2.97. The number of carboxylic acid groups (broad SMARTS) is 1. The molecule has 1 aromatic rings. The van der Waals surface area contributed by atoms with Gasteiger partial charge in [0.1, 0.15) is 12.4 Å². The number of urea groups is 1. The van der Waals surface area contributed by atoms with Gasteiger partial charge in [0.05, 0.1) is 19.6 Å². The van der Waals surface area contributed by atoms with Gasteiger partial charge in [-0.3, -0.25) is 0 Å². The number of ether oxygens (including phenoxy) is 1. The average Bonchev–Trinajstić information content (AvgIpc) is 2.66. The van der Waals surface area contributed by atoms with Crippen LogP contribution in [0.25, 0.3) is 0 Å². The Hall–Kier alpha value is -2.28. The van der Waals surface area contributed by atoms with E-state index in [2.05, 4.69) is 5.32 Å². The topological polar surface area (TPSA) is 99.1 Å². The summed E-state index contributed by atoms with van der Waals surface area (Å²) in [5.41, 5.74) is 0.888. The van der Waals surface area contributed by atoms with E-state index in [1.54, 1.807) is 0 Å². The van der Waals surface area contributed by atoms with Crippen LogP contribution in [0.5, 0.6) is 5.75 Å². The molecule has 1 heterocycles. The van der Waals surface area contributed by atoms with Crippen LogP contribution in [0, 0.1) is 0 Å². The molecule has 0 fully saturated rings. The summed E-state index contributed by atoms with van der Waals surface area (Å²) in [5.74, 6) is -0.622. The summed E-state index contributed by atoms with van der Waals surface area (Å²) in [7, 11) is 0. The number of hydrogen-bond donors (Lipinski definition) is 3. The molecule has 1 aromatic carbocycles. The number of benzene rings is 1. The monoisotopic (exact) mass is 280 g/mol. The molecule has 0 saturated heterocycles. The summed E-state index contributed by atoms with van der Waals surface area (Å²) in [6.45, 7) is 0.813. The fourth-order valence-corrected chi connectivity index (χ4v) is 1.88. The first-order valence-electron chi connectivity index (χ1n) is 6.22. The van der Waals surface area contributed by atoms with E-state index in [0.717, 1.165) is 11.3 Å². The smallest absolute Gasteiger partial charge is 0.334 e. The van der Waals surface area contributed by atoms with Gasteiger partial charge in [0.15, 0.2) is 6.10 Å². The quantitative estimate of drug-likeness (QED) is 0.726. The molecule has 2 amide bonds. The number of hydrogen-bond acceptors (Lipinski definition) is 4. The third kappa shape index (κ3) is 3.39. The zero-order chi connectivity index (χ0) is 14.5. The standard InChI is InChI=1S/C13H16N2O5/c16-10(12(17)18)7-14-13(19)15-5-6-20-11-4-2-1-3-9(11)8-15/h1-4,10,16H,5-8H2,(H,14,19)(H,17,18). The molecule has 1 aliphatic heterocycles. The third-order valence-electron chi connectivity index (χ3n) is 2.97. The Kier molecular flexibility index (Phi) is 4.41. The van der Waals surface area contributed by atoms with E-state index in [-0.39, 0.29) is 6.54 Å². The van der Waals surface area contributed by atoms with Crippen molar-refractivity contribution >= 4 is 12.0 Å². The van der Waals surface area contributed by atoms with Gasteiger partial charge < -0.3 is 25.2 Å². The lowest BCUT2D eigenvalue weighted by Gasteiger charge is -2.20. The largest absolute Gasteiger partial charge is 0.491 e. The molecule has 2 rings (SSSR count). The highest BCUT2D eigenvalue weighted by atomic mass is 16.5. The zero-order valence-electron chi connectivity index (χ0n) is 10.8. The van der Waals surface area contributed by atoms with E-state index in [1.807, 2.05) is 24.3 Å². The predicted molar refractivity (Wildman–Crippen MR) is 69.4 cm³/mol. The van der Waals surface area contributed by atoms with Crippen LogP contribution in [-0.2, 0) is 11.3 Å². The van der Waals surface area contributed by atoms with Gasteiger partial charge in [0, 0.05) is 5.56 Å². The minimum atomic E-state index is -1.60. The van der Waals surface area contributed by atoms with E-state index in [0.29, 0.717) is 19.7 Å². The molecule has 0 bridgehead atoms. The highest BCUT2D eigenvalue weighted by Crippen LogP contribution is 2.22. The van der Waals surface area contributed by atoms with Gasteiger partial charge in [0.25, 0.3) is 0 Å². The van der Waals surface area contributed by atoms with Crippen molar-refractivity contribution in [3.05, 3.63) is 29.8 Å². The van der Waals surface area contributed by atoms with Crippen LogP contribution in [0.4, 0.5) is 4.79 Å². The molecule has 7 nitrogen and oxygen atoms in total. The molecule has 7 heteroatoms. The molecule has 1 atom stereocenters. The van der Waals surface area contributed by atoms with E-state index in [9.17, 15) is 9.59 Å². The Bertz CT molecular complexity index is 505. The van der Waals surface area contributed by atoms with Crippen LogP contribution in [-0.4, -0.2) is 52.9 Å². The van der Waals surface area contributed by atoms with Gasteiger partial charge in [-0.2, -0.15) is 0 Å². The van der Waals surface area contributed by atoms with Crippen molar-refractivity contribution < 1.29 is 24.5 Å². The minimum Gasteiger partial charge on any atom is -0.491 e. The SMILES string of the molecule is O=C(O)C(O)CNC(=O)N1CCOc2ccccc2C1. The maximum atomic E-state index is 11.9. The van der Waals surface area contributed by atoms with Gasteiger partial charge in [-0.15, -0.1) is 0 Å². The molecular formula is C13H16N2O5. The van der Waals surface area contributed by atoms with Crippen molar-refractivity contribution in [3.8, 4) is 5.75 Å². The van der Waals surface area contributed by atoms with E-state index in [4.69, 9.17) is 14.9 Å². The second kappa shape index (κ2) is 6.25. The van der Waals surface area contributed by atoms with Crippen LogP contribution in [0.2, 0.25) is 0 Å². The number of aliphatic carboxylic acids is 1. The predicted octanol–water partition coefficient (Wildman–Crippen LogP) is 0.0361. The van der Waals surface area contributed by atoms with Gasteiger partial charge in [-0.05, 0) is 6.07 Å². The maximum absolute atomic E-state index is 11.9. The fourth-order valence-electron chi connectivity index (χ4n) is 1.88. The van der Waals surface area contributed by atoms with Crippen LogP contribution >= 0.6 is 0 Å². The lowest BCUT2D eigenvalue weighted by atomic mass is 10.2. The number of para-hydroxylation sites is 1. The van der Waals surface area contributed by atoms with Crippen molar-refractivity contribution in [1.82, 2.24) is 10.2 Å². The average molecular weight is 280 g/mol. The molecule has 108 valence electrons. The molecule has 0 aromatic heterocycles. The summed E-state index contributed by atoms with van der Waals surface area (Å²) in [6.07, 6.45) is -1.60. The molecule has 0 radical (unpaired) electrons. The van der Waals surface area contributed by atoms with Crippen LogP contribution in [0.15, 0.2) is 24.3 Å². The van der Waals surface area contributed by atoms with Crippen molar-refractivity contribution in [3.63, 3.8) is 0 Å². The Labute approximate surface area is 115 Å². The van der Waals surface area contributed by atoms with Crippen molar-refractivity contribution in [2.45, 2.75) is 12.6 Å². The minimum absolute atomic E-state index is 0.326. The van der Waals surface area contributed by atoms with Crippen LogP contribution in [0.1, 0.15) is 5.56 Å². The summed E-state index contributed by atoms with van der Waals surface area (Å²) in [6, 6.07) is 7.00. The lowest BCUT2D eigenvalue weighted by molar-refractivity contribution is -0.146. The van der Waals surface area contributed by atoms with Crippen molar-refractivity contribution in [2.75, 3.05) is 19.7 Å². The second-order valence-electron chi connectivity index (χ2n) is 4.42. The second-order valence-corrected chi connectivity index (χ2v) is 4.42.